The van der Waals surface area contributed by atoms with Crippen LogP contribution in [-0.4, -0.2) is 0 Å². The van der Waals surface area contributed by atoms with E-state index in [0.29, 0.717) is 22.3 Å². The Morgan fingerprint density at radius 1 is 1.06 bits per heavy atom. The fraction of sp³-hybridized carbons (Fsp3) is 0.143. The Hall–Kier alpha value is -1.38. The monoisotopic (exact) mass is 281 g/mol. The molecule has 0 aliphatic heterocycles. The first-order chi connectivity index (χ1) is 8.56. The molecule has 0 aromatic heterocycles. The molecule has 0 saturated heterocycles. The molecule has 94 valence electrons. The van der Waals surface area contributed by atoms with Crippen molar-refractivity contribution in [1.82, 2.24) is 0 Å². The van der Waals surface area contributed by atoms with Crippen LogP contribution < -0.4 is 10.5 Å². The Morgan fingerprint density at radius 2 is 1.72 bits per heavy atom. The third-order valence-corrected chi connectivity index (χ3v) is 3.10. The van der Waals surface area contributed by atoms with Gasteiger partial charge in [0.05, 0.1) is 0 Å². The first-order valence-corrected chi connectivity index (χ1v) is 6.24. The number of halogens is 2. The zero-order chi connectivity index (χ0) is 13.1. The second-order valence-electron chi connectivity index (χ2n) is 4.04. The summed E-state index contributed by atoms with van der Waals surface area (Å²) >= 11 is 11.8. The van der Waals surface area contributed by atoms with Gasteiger partial charge in [-0.2, -0.15) is 0 Å². The number of hydrogen-bond acceptors (Lipinski definition) is 2. The minimum absolute atomic E-state index is 0.384. The first-order valence-electron chi connectivity index (χ1n) is 5.49. The van der Waals surface area contributed by atoms with Gasteiger partial charge in [0.2, 0.25) is 0 Å². The molecule has 0 amide bonds. The molecule has 0 unspecified atom stereocenters. The molecule has 18 heavy (non-hydrogen) atoms. The average molecular weight is 282 g/mol. The molecule has 0 aliphatic carbocycles. The Bertz CT molecular complexity index is 570. The van der Waals surface area contributed by atoms with Crippen LogP contribution in [0.1, 0.15) is 11.1 Å². The lowest BCUT2D eigenvalue weighted by molar-refractivity contribution is 0.305. The zero-order valence-corrected chi connectivity index (χ0v) is 11.4. The molecule has 0 atom stereocenters. The second kappa shape index (κ2) is 5.51. The lowest BCUT2D eigenvalue weighted by atomic mass is 10.2. The van der Waals surface area contributed by atoms with Gasteiger partial charge in [-0.15, -0.1) is 0 Å². The van der Waals surface area contributed by atoms with Crippen molar-refractivity contribution in [1.29, 1.82) is 0 Å². The number of rotatable bonds is 3. The molecule has 2 N–H and O–H groups in total. The molecule has 0 fully saturated rings. The van der Waals surface area contributed by atoms with E-state index in [9.17, 15) is 0 Å². The molecule has 4 heteroatoms. The summed E-state index contributed by atoms with van der Waals surface area (Å²) in [7, 11) is 0. The van der Waals surface area contributed by atoms with Crippen molar-refractivity contribution in [3.05, 3.63) is 57.6 Å². The summed E-state index contributed by atoms with van der Waals surface area (Å²) in [6, 6.07) is 10.8. The first kappa shape index (κ1) is 13.1. The number of nitrogen functional groups attached to an aromatic ring is 1. The van der Waals surface area contributed by atoms with E-state index in [2.05, 4.69) is 0 Å². The van der Waals surface area contributed by atoms with Gasteiger partial charge in [-0.25, -0.2) is 0 Å². The van der Waals surface area contributed by atoms with Crippen molar-refractivity contribution < 1.29 is 4.74 Å². The van der Waals surface area contributed by atoms with Gasteiger partial charge in [0.25, 0.3) is 0 Å². The standard InChI is InChI=1S/C14H13Cl2NO/c1-9-6-11(15)3-5-14(9)18-8-10-7-12(16)2-4-13(10)17/h2-7H,8,17H2,1H3. The molecule has 0 heterocycles. The quantitative estimate of drug-likeness (QED) is 0.843. The largest absolute Gasteiger partial charge is 0.489 e. The lowest BCUT2D eigenvalue weighted by Crippen LogP contribution is -2.01. The molecule has 0 aliphatic rings. The summed E-state index contributed by atoms with van der Waals surface area (Å²) in [6.07, 6.45) is 0. The second-order valence-corrected chi connectivity index (χ2v) is 4.91. The highest BCUT2D eigenvalue weighted by molar-refractivity contribution is 6.31. The highest BCUT2D eigenvalue weighted by atomic mass is 35.5. The predicted octanol–water partition coefficient (Wildman–Crippen LogP) is 4.46. The topological polar surface area (TPSA) is 35.2 Å². The van der Waals surface area contributed by atoms with Gasteiger partial charge in [-0.05, 0) is 48.9 Å². The van der Waals surface area contributed by atoms with Gasteiger partial charge >= 0.3 is 0 Å². The van der Waals surface area contributed by atoms with E-state index in [0.717, 1.165) is 16.9 Å². The molecule has 2 aromatic carbocycles. The van der Waals surface area contributed by atoms with Crippen molar-refractivity contribution in [3.63, 3.8) is 0 Å². The van der Waals surface area contributed by atoms with Crippen LogP contribution in [-0.2, 0) is 6.61 Å². The zero-order valence-electron chi connectivity index (χ0n) is 9.91. The molecule has 0 spiro atoms. The van der Waals surface area contributed by atoms with Crippen molar-refractivity contribution in [3.8, 4) is 5.75 Å². The van der Waals surface area contributed by atoms with E-state index >= 15 is 0 Å². The number of aryl methyl sites for hydroxylation is 1. The summed E-state index contributed by atoms with van der Waals surface area (Å²) in [5.41, 5.74) is 8.39. The summed E-state index contributed by atoms with van der Waals surface area (Å²) in [5.74, 6) is 0.791. The van der Waals surface area contributed by atoms with Crippen molar-refractivity contribution in [2.24, 2.45) is 0 Å². The van der Waals surface area contributed by atoms with E-state index in [4.69, 9.17) is 33.7 Å². The lowest BCUT2D eigenvalue weighted by Gasteiger charge is -2.11. The van der Waals surface area contributed by atoms with E-state index in [1.165, 1.54) is 0 Å². The van der Waals surface area contributed by atoms with Gasteiger partial charge in [0, 0.05) is 21.3 Å². The van der Waals surface area contributed by atoms with Crippen molar-refractivity contribution in [2.45, 2.75) is 13.5 Å². The van der Waals surface area contributed by atoms with Gasteiger partial charge in [0.15, 0.2) is 0 Å². The summed E-state index contributed by atoms with van der Waals surface area (Å²) in [4.78, 5) is 0. The van der Waals surface area contributed by atoms with Crippen molar-refractivity contribution >= 4 is 28.9 Å². The van der Waals surface area contributed by atoms with Gasteiger partial charge < -0.3 is 10.5 Å². The van der Waals surface area contributed by atoms with Gasteiger partial charge in [-0.1, -0.05) is 23.2 Å². The summed E-state index contributed by atoms with van der Waals surface area (Å²) in [6.45, 7) is 2.33. The van der Waals surface area contributed by atoms with Crippen LogP contribution >= 0.6 is 23.2 Å². The maximum absolute atomic E-state index is 5.92. The molecule has 2 nitrogen and oxygen atoms in total. The molecule has 0 radical (unpaired) electrons. The highest BCUT2D eigenvalue weighted by Crippen LogP contribution is 2.24. The van der Waals surface area contributed by atoms with Gasteiger partial charge in [-0.3, -0.25) is 0 Å². The van der Waals surface area contributed by atoms with E-state index in [-0.39, 0.29) is 0 Å². The smallest absolute Gasteiger partial charge is 0.122 e. The van der Waals surface area contributed by atoms with E-state index < -0.39 is 0 Å². The molecule has 0 bridgehead atoms. The summed E-state index contributed by atoms with van der Waals surface area (Å²) in [5, 5.41) is 1.35. The fourth-order valence-electron chi connectivity index (χ4n) is 1.63. The molecule has 2 aromatic rings. The third kappa shape index (κ3) is 3.09. The molecular formula is C14H13Cl2NO. The van der Waals surface area contributed by atoms with Crippen LogP contribution in [0.4, 0.5) is 5.69 Å². The number of ether oxygens (including phenoxy) is 1. The predicted molar refractivity (Wildman–Crippen MR) is 76.4 cm³/mol. The third-order valence-electron chi connectivity index (χ3n) is 2.63. The van der Waals surface area contributed by atoms with E-state index in [1.807, 2.05) is 25.1 Å². The molecule has 0 saturated carbocycles. The number of anilines is 1. The van der Waals surface area contributed by atoms with Crippen LogP contribution in [0.5, 0.6) is 5.75 Å². The normalized spacial score (nSPS) is 10.4. The van der Waals surface area contributed by atoms with Crippen LogP contribution in [0, 0.1) is 6.92 Å². The number of hydrogen-bond donors (Lipinski definition) is 1. The molecular weight excluding hydrogens is 269 g/mol. The Morgan fingerprint density at radius 3 is 2.44 bits per heavy atom. The minimum atomic E-state index is 0.384. The van der Waals surface area contributed by atoms with Gasteiger partial charge in [0.1, 0.15) is 12.4 Å². The highest BCUT2D eigenvalue weighted by Gasteiger charge is 2.04. The SMILES string of the molecule is Cc1cc(Cl)ccc1OCc1cc(Cl)ccc1N. The average Bonchev–Trinajstić information content (AvgIpc) is 2.32. The van der Waals surface area contributed by atoms with Crippen LogP contribution in [0.2, 0.25) is 10.0 Å². The maximum atomic E-state index is 5.92. The van der Waals surface area contributed by atoms with Crippen LogP contribution in [0.3, 0.4) is 0 Å². The number of benzene rings is 2. The van der Waals surface area contributed by atoms with E-state index in [1.54, 1.807) is 18.2 Å². The van der Waals surface area contributed by atoms with Crippen LogP contribution in [0.25, 0.3) is 0 Å². The Balaban J connectivity index is 2.13. The van der Waals surface area contributed by atoms with Crippen molar-refractivity contribution in [2.75, 3.05) is 5.73 Å². The fourth-order valence-corrected chi connectivity index (χ4v) is 2.05. The summed E-state index contributed by atoms with van der Waals surface area (Å²) < 4.78 is 5.72. The van der Waals surface area contributed by atoms with Crippen LogP contribution in [0.15, 0.2) is 36.4 Å². The maximum Gasteiger partial charge on any atom is 0.122 e. The number of nitrogens with two attached hydrogens (primary N) is 1. The minimum Gasteiger partial charge on any atom is -0.489 e. The molecule has 2 rings (SSSR count). The Labute approximate surface area is 116 Å². The Kier molecular flexibility index (Phi) is 4.00.